The number of aromatic nitrogens is 2. The lowest BCUT2D eigenvalue weighted by molar-refractivity contribution is 1.10. The number of fused-ring (bicyclic) bond motifs is 7. The van der Waals surface area contributed by atoms with Crippen LogP contribution in [0, 0.1) is 0 Å². The maximum Gasteiger partial charge on any atom is 0.145 e. The van der Waals surface area contributed by atoms with E-state index >= 15 is 0 Å². The van der Waals surface area contributed by atoms with E-state index in [-0.39, 0.29) is 0 Å². The average Bonchev–Trinajstić information content (AvgIpc) is 4.01. The molecule has 0 aliphatic rings. The molecule has 0 bridgehead atoms. The van der Waals surface area contributed by atoms with E-state index in [1.807, 2.05) is 28.7 Å². The Morgan fingerprint density at radius 2 is 0.850 bits per heavy atom. The Bertz CT molecular complexity index is 3430. The van der Waals surface area contributed by atoms with E-state index in [1.54, 1.807) is 0 Å². The lowest BCUT2D eigenvalue weighted by Gasteiger charge is -2.26. The molecular weight excluding hydrogens is 767 g/mol. The van der Waals surface area contributed by atoms with Crippen molar-refractivity contribution in [2.75, 3.05) is 4.90 Å². The van der Waals surface area contributed by atoms with Gasteiger partial charge >= 0.3 is 0 Å². The Balaban J connectivity index is 0.935. The van der Waals surface area contributed by atoms with Crippen molar-refractivity contribution in [1.29, 1.82) is 0 Å². The van der Waals surface area contributed by atoms with E-state index in [0.29, 0.717) is 0 Å². The Morgan fingerprint density at radius 1 is 0.350 bits per heavy atom. The molecule has 9 aromatic carbocycles. The van der Waals surface area contributed by atoms with Gasteiger partial charge in [0.2, 0.25) is 0 Å². The fourth-order valence-electron chi connectivity index (χ4n) is 8.71. The van der Waals surface area contributed by atoms with Crippen molar-refractivity contribution in [2.24, 2.45) is 0 Å². The van der Waals surface area contributed by atoms with Crippen LogP contribution in [0.5, 0.6) is 0 Å². The first-order chi connectivity index (χ1) is 29.7. The summed E-state index contributed by atoms with van der Waals surface area (Å²) in [6, 6.07) is 76.8. The molecule has 0 saturated carbocycles. The van der Waals surface area contributed by atoms with Crippen molar-refractivity contribution in [3.8, 4) is 39.3 Å². The van der Waals surface area contributed by atoms with E-state index in [2.05, 4.69) is 216 Å². The van der Waals surface area contributed by atoms with Crippen LogP contribution in [0.25, 0.3) is 90.7 Å². The Morgan fingerprint density at radius 3 is 1.50 bits per heavy atom. The molecule has 60 heavy (non-hydrogen) atoms. The Labute approximate surface area is 355 Å². The molecule has 0 N–H and O–H groups in total. The van der Waals surface area contributed by atoms with Gasteiger partial charge in [0.25, 0.3) is 0 Å². The summed E-state index contributed by atoms with van der Waals surface area (Å²) in [5.74, 6) is 0.935. The number of thiophene rings is 2. The van der Waals surface area contributed by atoms with Crippen LogP contribution in [0.4, 0.5) is 17.1 Å². The van der Waals surface area contributed by atoms with Crippen LogP contribution in [0.3, 0.4) is 0 Å². The zero-order valence-corrected chi connectivity index (χ0v) is 34.0. The zero-order valence-electron chi connectivity index (χ0n) is 32.4. The molecule has 0 radical (unpaired) electrons. The molecule has 5 heteroatoms. The fraction of sp³-hybridized carbons (Fsp3) is 0. The first-order valence-corrected chi connectivity index (χ1v) is 21.8. The third kappa shape index (κ3) is 5.90. The van der Waals surface area contributed by atoms with E-state index in [0.717, 1.165) is 56.3 Å². The summed E-state index contributed by atoms with van der Waals surface area (Å²) in [6.07, 6.45) is 0. The first kappa shape index (κ1) is 34.7. The van der Waals surface area contributed by atoms with Crippen LogP contribution in [-0.4, -0.2) is 9.55 Å². The van der Waals surface area contributed by atoms with Crippen molar-refractivity contribution in [1.82, 2.24) is 9.55 Å². The highest BCUT2D eigenvalue weighted by Crippen LogP contribution is 2.44. The molecule has 3 heterocycles. The van der Waals surface area contributed by atoms with Crippen LogP contribution < -0.4 is 4.90 Å². The number of hydrogen-bond acceptors (Lipinski definition) is 4. The molecule has 282 valence electrons. The van der Waals surface area contributed by atoms with E-state index in [9.17, 15) is 0 Å². The predicted molar refractivity (Wildman–Crippen MR) is 258 cm³/mol. The molecule has 3 aromatic heterocycles. The van der Waals surface area contributed by atoms with Gasteiger partial charge in [0.15, 0.2) is 0 Å². The smallest absolute Gasteiger partial charge is 0.145 e. The van der Waals surface area contributed by atoms with Gasteiger partial charge in [0, 0.05) is 68.7 Å². The second-order valence-corrected chi connectivity index (χ2v) is 17.4. The number of nitrogens with zero attached hydrogens (tertiary/aromatic N) is 3. The molecule has 0 amide bonds. The average molecular weight is 802 g/mol. The first-order valence-electron chi connectivity index (χ1n) is 20.2. The molecule has 0 aliphatic heterocycles. The van der Waals surface area contributed by atoms with Gasteiger partial charge in [-0.2, -0.15) is 0 Å². The Hall–Kier alpha value is -7.31. The molecular formula is C55H35N3S2. The van der Waals surface area contributed by atoms with E-state index in [4.69, 9.17) is 4.98 Å². The summed E-state index contributed by atoms with van der Waals surface area (Å²) >= 11 is 3.72. The Kier molecular flexibility index (Phi) is 8.22. The maximum absolute atomic E-state index is 5.13. The van der Waals surface area contributed by atoms with E-state index < -0.39 is 0 Å². The van der Waals surface area contributed by atoms with Gasteiger partial charge in [-0.15, -0.1) is 22.7 Å². The highest BCUT2D eigenvalue weighted by atomic mass is 32.1. The molecule has 12 aromatic rings. The van der Waals surface area contributed by atoms with Gasteiger partial charge in [-0.25, -0.2) is 4.98 Å². The minimum atomic E-state index is 0.935. The standard InChI is InChI=1S/C55H35N3S2/c1-3-12-37(13-4-1)55-56-49-31-24-40(33-50(49)58(55)41-16-5-2-6-17-41)39-15-11-14-38(32-39)36-22-25-42(26-23-36)57(43-27-29-47-45-18-7-9-20-51(45)59-53(47)34-43)44-28-30-48-46-19-8-10-21-52(46)60-54(48)35-44/h1-35H. The summed E-state index contributed by atoms with van der Waals surface area (Å²) in [6.45, 7) is 0. The summed E-state index contributed by atoms with van der Waals surface area (Å²) in [7, 11) is 0. The normalized spacial score (nSPS) is 11.7. The van der Waals surface area contributed by atoms with E-state index in [1.165, 1.54) is 51.5 Å². The second kappa shape index (κ2) is 14.2. The van der Waals surface area contributed by atoms with Crippen molar-refractivity contribution in [3.05, 3.63) is 212 Å². The highest BCUT2D eigenvalue weighted by molar-refractivity contribution is 7.26. The van der Waals surface area contributed by atoms with Gasteiger partial charge in [-0.05, 0) is 101 Å². The number of para-hydroxylation sites is 1. The van der Waals surface area contributed by atoms with Crippen molar-refractivity contribution >= 4 is 91.1 Å². The third-order valence-corrected chi connectivity index (χ3v) is 13.9. The van der Waals surface area contributed by atoms with Crippen LogP contribution >= 0.6 is 22.7 Å². The number of hydrogen-bond donors (Lipinski definition) is 0. The zero-order chi connectivity index (χ0) is 39.6. The monoisotopic (exact) mass is 801 g/mol. The number of benzene rings is 9. The van der Waals surface area contributed by atoms with Crippen molar-refractivity contribution < 1.29 is 0 Å². The molecule has 0 unspecified atom stereocenters. The number of anilines is 3. The molecule has 0 saturated heterocycles. The number of rotatable bonds is 7. The quantitative estimate of drug-likeness (QED) is 0.160. The van der Waals surface area contributed by atoms with Crippen LogP contribution in [0.2, 0.25) is 0 Å². The summed E-state index contributed by atoms with van der Waals surface area (Å²) < 4.78 is 7.48. The lowest BCUT2D eigenvalue weighted by Crippen LogP contribution is -2.09. The van der Waals surface area contributed by atoms with Gasteiger partial charge in [-0.1, -0.05) is 133 Å². The largest absolute Gasteiger partial charge is 0.310 e. The van der Waals surface area contributed by atoms with Crippen molar-refractivity contribution in [3.63, 3.8) is 0 Å². The third-order valence-electron chi connectivity index (χ3n) is 11.6. The molecule has 12 rings (SSSR count). The molecule has 0 aliphatic carbocycles. The molecule has 0 fully saturated rings. The minimum absolute atomic E-state index is 0.935. The van der Waals surface area contributed by atoms with Gasteiger partial charge in [0.05, 0.1) is 11.0 Å². The van der Waals surface area contributed by atoms with Gasteiger partial charge in [0.1, 0.15) is 5.82 Å². The highest BCUT2D eigenvalue weighted by Gasteiger charge is 2.18. The van der Waals surface area contributed by atoms with Crippen LogP contribution in [0.1, 0.15) is 0 Å². The maximum atomic E-state index is 5.13. The predicted octanol–water partition coefficient (Wildman–Crippen LogP) is 16.2. The topological polar surface area (TPSA) is 21.1 Å². The van der Waals surface area contributed by atoms with Gasteiger partial charge in [-0.3, -0.25) is 4.57 Å². The van der Waals surface area contributed by atoms with Crippen LogP contribution in [-0.2, 0) is 0 Å². The fourth-order valence-corrected chi connectivity index (χ4v) is 11.0. The lowest BCUT2D eigenvalue weighted by atomic mass is 9.98. The SMILES string of the molecule is c1ccc(-c2nc3ccc(-c4cccc(-c5ccc(N(c6ccc7c(c6)sc6ccccc67)c6ccc7c(c6)sc6ccccc67)cc5)c4)cc3n2-c2ccccc2)cc1. The van der Waals surface area contributed by atoms with Gasteiger partial charge < -0.3 is 4.90 Å². The summed E-state index contributed by atoms with van der Waals surface area (Å²) in [4.78, 5) is 7.54. The number of imidazole rings is 1. The minimum Gasteiger partial charge on any atom is -0.310 e. The molecule has 0 spiro atoms. The summed E-state index contributed by atoms with van der Waals surface area (Å²) in [5, 5.41) is 5.23. The summed E-state index contributed by atoms with van der Waals surface area (Å²) in [5.41, 5.74) is 12.3. The van der Waals surface area contributed by atoms with Crippen molar-refractivity contribution in [2.45, 2.75) is 0 Å². The molecule has 0 atom stereocenters. The van der Waals surface area contributed by atoms with Crippen LogP contribution in [0.15, 0.2) is 212 Å². The molecule has 3 nitrogen and oxygen atoms in total. The second-order valence-electron chi connectivity index (χ2n) is 15.2.